The molecule has 0 saturated heterocycles. The number of aromatic nitrogens is 1. The van der Waals surface area contributed by atoms with Crippen molar-refractivity contribution >= 4 is 40.3 Å². The molecule has 1 aliphatic heterocycles. The van der Waals surface area contributed by atoms with E-state index in [0.29, 0.717) is 51.9 Å². The minimum atomic E-state index is -0.790. The van der Waals surface area contributed by atoms with E-state index in [1.165, 1.54) is 0 Å². The largest absolute Gasteiger partial charge is 0.361 e. The van der Waals surface area contributed by atoms with Crippen LogP contribution in [0.25, 0.3) is 10.9 Å². The Balaban J connectivity index is 1.55. The first-order valence-electron chi connectivity index (χ1n) is 17.4. The van der Waals surface area contributed by atoms with Gasteiger partial charge in [0.2, 0.25) is 11.8 Å². The minimum absolute atomic E-state index is 0.0128. The number of amides is 2. The van der Waals surface area contributed by atoms with Crippen molar-refractivity contribution in [2.45, 2.75) is 86.8 Å². The Bertz CT molecular complexity index is 1740. The van der Waals surface area contributed by atoms with Crippen LogP contribution in [0.15, 0.2) is 82.7 Å². The molecule has 0 unspecified atom stereocenters. The smallest absolute Gasteiger partial charge is 0.243 e. The summed E-state index contributed by atoms with van der Waals surface area (Å²) in [5.74, 6) is -1.03. The van der Waals surface area contributed by atoms with E-state index in [1.807, 2.05) is 54.7 Å². The third kappa shape index (κ3) is 9.19. The maximum absolute atomic E-state index is 14.4. The van der Waals surface area contributed by atoms with Crippen molar-refractivity contribution in [3.63, 3.8) is 0 Å². The Morgan fingerprint density at radius 2 is 1.61 bits per heavy atom. The number of likely N-dealkylation sites (N-methyl/N-ethyl adjacent to an activating group) is 1. The van der Waals surface area contributed by atoms with E-state index in [2.05, 4.69) is 40.7 Å². The molecule has 10 heteroatoms. The summed E-state index contributed by atoms with van der Waals surface area (Å²) < 4.78 is 0. The number of ketones is 1. The number of unbranched alkanes of at least 4 members (excludes halogenated alkanes) is 1. The van der Waals surface area contributed by atoms with Crippen molar-refractivity contribution in [3.8, 4) is 0 Å². The Morgan fingerprint density at radius 3 is 2.43 bits per heavy atom. The zero-order chi connectivity index (χ0) is 34.8. The summed E-state index contributed by atoms with van der Waals surface area (Å²) in [5.41, 5.74) is 16.8. The van der Waals surface area contributed by atoms with Crippen molar-refractivity contribution in [1.82, 2.24) is 20.5 Å². The predicted molar refractivity (Wildman–Crippen MR) is 197 cm³/mol. The number of fused-ring (bicyclic) bond motifs is 3. The maximum atomic E-state index is 14.4. The molecule has 5 rings (SSSR count). The molecule has 1 aliphatic rings. The molecule has 0 spiro atoms. The van der Waals surface area contributed by atoms with Gasteiger partial charge in [0.25, 0.3) is 0 Å². The van der Waals surface area contributed by atoms with Gasteiger partial charge in [-0.1, -0.05) is 72.8 Å². The molecule has 1 aromatic heterocycles. The Hall–Kier alpha value is -3.96. The number of H-pyrrole nitrogens is 1. The van der Waals surface area contributed by atoms with Gasteiger partial charge in [0, 0.05) is 65.8 Å². The fourth-order valence-electron chi connectivity index (χ4n) is 6.68. The number of rotatable bonds is 9. The SMILES string of the molecule is Cc1cccc2c1Sc1ccccc1CN[C@@H](CCCN)C(=O)C[C@@H](CCCCN)C(=O)N(C)[C@@H](Cc1c[nH]c3ccccc13)C(=O)NC2. The van der Waals surface area contributed by atoms with E-state index in [0.717, 1.165) is 55.8 Å². The van der Waals surface area contributed by atoms with Crippen molar-refractivity contribution in [2.24, 2.45) is 17.4 Å². The summed E-state index contributed by atoms with van der Waals surface area (Å²) in [6.07, 6.45) is 5.58. The normalized spacial score (nSPS) is 19.7. The third-order valence-electron chi connectivity index (χ3n) is 9.57. The van der Waals surface area contributed by atoms with Crippen LogP contribution in [0.5, 0.6) is 0 Å². The Kier molecular flexibility index (Phi) is 13.1. The first-order chi connectivity index (χ1) is 23.8. The van der Waals surface area contributed by atoms with Crippen LogP contribution in [-0.2, 0) is 33.9 Å². The molecule has 2 heterocycles. The van der Waals surface area contributed by atoms with Crippen molar-refractivity contribution < 1.29 is 14.4 Å². The number of aryl methyl sites for hydroxylation is 1. The molecular weight excluding hydrogens is 633 g/mol. The molecule has 2 amide bonds. The van der Waals surface area contributed by atoms with Gasteiger partial charge in [-0.15, -0.1) is 0 Å². The van der Waals surface area contributed by atoms with E-state index in [-0.39, 0.29) is 24.0 Å². The summed E-state index contributed by atoms with van der Waals surface area (Å²) >= 11 is 1.67. The number of aromatic amines is 1. The second-order valence-corrected chi connectivity index (χ2v) is 14.1. The summed E-state index contributed by atoms with van der Waals surface area (Å²) in [7, 11) is 1.70. The van der Waals surface area contributed by atoms with Gasteiger partial charge >= 0.3 is 0 Å². The molecule has 0 saturated carbocycles. The molecule has 3 atom stereocenters. The van der Waals surface area contributed by atoms with Crippen molar-refractivity contribution in [3.05, 3.63) is 95.2 Å². The average Bonchev–Trinajstić information content (AvgIpc) is 3.52. The zero-order valence-corrected chi connectivity index (χ0v) is 29.5. The molecule has 4 aromatic rings. The fourth-order valence-corrected chi connectivity index (χ4v) is 7.82. The highest BCUT2D eigenvalue weighted by Gasteiger charge is 2.34. The first kappa shape index (κ1) is 36.3. The number of benzene rings is 3. The fraction of sp³-hybridized carbons (Fsp3) is 0.410. The Labute approximate surface area is 294 Å². The van der Waals surface area contributed by atoms with Gasteiger partial charge in [-0.3, -0.25) is 14.4 Å². The number of Topliss-reactive ketones (excluding diaryl/α,β-unsaturated/α-hetero) is 1. The average molecular weight is 683 g/mol. The highest BCUT2D eigenvalue weighted by Crippen LogP contribution is 2.35. The van der Waals surface area contributed by atoms with Crippen LogP contribution in [-0.4, -0.2) is 59.7 Å². The lowest BCUT2D eigenvalue weighted by Gasteiger charge is -2.31. The number of nitrogens with two attached hydrogens (primary N) is 2. The van der Waals surface area contributed by atoms with Crippen LogP contribution in [0.4, 0.5) is 0 Å². The van der Waals surface area contributed by atoms with Crippen LogP contribution >= 0.6 is 11.8 Å². The number of hydrogen-bond donors (Lipinski definition) is 5. The molecule has 0 radical (unpaired) electrons. The molecule has 260 valence electrons. The van der Waals surface area contributed by atoms with Crippen LogP contribution in [0.3, 0.4) is 0 Å². The number of nitrogens with zero attached hydrogens (tertiary/aromatic N) is 1. The van der Waals surface area contributed by atoms with Gasteiger partial charge in [-0.25, -0.2) is 0 Å². The molecule has 9 nitrogen and oxygen atoms in total. The van der Waals surface area contributed by atoms with Gasteiger partial charge < -0.3 is 32.0 Å². The van der Waals surface area contributed by atoms with Crippen molar-refractivity contribution in [1.29, 1.82) is 0 Å². The van der Waals surface area contributed by atoms with Gasteiger partial charge in [-0.2, -0.15) is 0 Å². The number of hydrogen-bond acceptors (Lipinski definition) is 7. The van der Waals surface area contributed by atoms with Crippen LogP contribution in [0, 0.1) is 12.8 Å². The lowest BCUT2D eigenvalue weighted by molar-refractivity contribution is -0.143. The molecule has 7 N–H and O–H groups in total. The highest BCUT2D eigenvalue weighted by molar-refractivity contribution is 7.99. The monoisotopic (exact) mass is 682 g/mol. The molecule has 0 aliphatic carbocycles. The summed E-state index contributed by atoms with van der Waals surface area (Å²) in [6, 6.07) is 21.1. The first-order valence-corrected chi connectivity index (χ1v) is 18.2. The van der Waals surface area contributed by atoms with Gasteiger partial charge in [0.05, 0.1) is 6.04 Å². The van der Waals surface area contributed by atoms with E-state index in [9.17, 15) is 14.4 Å². The summed E-state index contributed by atoms with van der Waals surface area (Å²) in [4.78, 5) is 49.7. The van der Waals surface area contributed by atoms with E-state index in [1.54, 1.807) is 23.7 Å². The molecule has 0 fully saturated rings. The number of nitrogens with one attached hydrogen (secondary N) is 3. The van der Waals surface area contributed by atoms with E-state index >= 15 is 0 Å². The Morgan fingerprint density at radius 1 is 0.857 bits per heavy atom. The molecule has 49 heavy (non-hydrogen) atoms. The lowest BCUT2D eigenvalue weighted by Crippen LogP contribution is -2.51. The summed E-state index contributed by atoms with van der Waals surface area (Å²) in [6.45, 7) is 3.88. The van der Waals surface area contributed by atoms with Crippen LogP contribution in [0.1, 0.15) is 60.8 Å². The standard InChI is InChI=1S/C39H50N6O3S/c1-26-11-9-14-29-24-44-38(47)34(21-30-25-42-32-16-5-4-15-31(30)32)45(2)39(48)27(12-7-8-19-40)22-35(46)33(17-10-20-41)43-23-28-13-3-6-18-36(28)49-37(26)29/h3-6,9,11,13-16,18,25,27,33-34,42-43H,7-8,10,12,17,19-24,40-41H2,1-2H3,(H,44,47)/t27-,33+,34+/m1/s1. The maximum Gasteiger partial charge on any atom is 0.243 e. The van der Waals surface area contributed by atoms with Crippen LogP contribution < -0.4 is 22.1 Å². The number of carbonyl (C=O) groups is 3. The van der Waals surface area contributed by atoms with Gasteiger partial charge in [0.15, 0.2) is 5.78 Å². The topological polar surface area (TPSA) is 146 Å². The quantitative estimate of drug-likeness (QED) is 0.152. The van der Waals surface area contributed by atoms with Gasteiger partial charge in [0.1, 0.15) is 6.04 Å². The highest BCUT2D eigenvalue weighted by atomic mass is 32.2. The van der Waals surface area contributed by atoms with E-state index < -0.39 is 18.0 Å². The number of carbonyl (C=O) groups excluding carboxylic acids is 3. The van der Waals surface area contributed by atoms with E-state index in [4.69, 9.17) is 11.5 Å². The van der Waals surface area contributed by atoms with Crippen molar-refractivity contribution in [2.75, 3.05) is 20.1 Å². The summed E-state index contributed by atoms with van der Waals surface area (Å²) in [5, 5.41) is 7.74. The second-order valence-electron chi connectivity index (χ2n) is 13.0. The number of para-hydroxylation sites is 1. The lowest BCUT2D eigenvalue weighted by atomic mass is 9.90. The molecular formula is C39H50N6O3S. The predicted octanol–water partition coefficient (Wildman–Crippen LogP) is 5.23. The van der Waals surface area contributed by atoms with Crippen LogP contribution in [0.2, 0.25) is 0 Å². The zero-order valence-electron chi connectivity index (χ0n) is 28.7. The molecule has 0 bridgehead atoms. The molecule has 3 aromatic carbocycles. The second kappa shape index (κ2) is 17.6. The van der Waals surface area contributed by atoms with Gasteiger partial charge in [-0.05, 0) is 80.1 Å². The third-order valence-corrected chi connectivity index (χ3v) is 11.0. The minimum Gasteiger partial charge on any atom is -0.361 e.